The van der Waals surface area contributed by atoms with Crippen LogP contribution in [-0.2, 0) is 14.8 Å². The summed E-state index contributed by atoms with van der Waals surface area (Å²) in [7, 11) is -3.97. The number of nitrogen functional groups attached to an aromatic ring is 1. The van der Waals surface area contributed by atoms with Gasteiger partial charge in [-0.1, -0.05) is 30.3 Å². The topological polar surface area (TPSA) is 119 Å². The number of pyridine rings is 1. The molecule has 0 aliphatic heterocycles. The van der Waals surface area contributed by atoms with Gasteiger partial charge in [0.25, 0.3) is 10.0 Å². The van der Waals surface area contributed by atoms with Crippen molar-refractivity contribution < 1.29 is 18.0 Å². The van der Waals surface area contributed by atoms with Gasteiger partial charge in [-0.25, -0.2) is 18.1 Å². The van der Waals surface area contributed by atoms with Crippen LogP contribution in [0.2, 0.25) is 0 Å². The number of nitrogens with one attached hydrogen (secondary N) is 1. The molecule has 0 atom stereocenters. The normalized spacial score (nSPS) is 11.4. The number of carbonyl (C=O) groups excluding carboxylic acids is 2. The number of hydrogen-bond acceptors (Lipinski definition) is 7. The van der Waals surface area contributed by atoms with Gasteiger partial charge in [0, 0.05) is 23.4 Å². The highest BCUT2D eigenvalue weighted by molar-refractivity contribution is 7.90. The lowest BCUT2D eigenvalue weighted by molar-refractivity contribution is -0.117. The largest absolute Gasteiger partial charge is 0.397 e. The van der Waals surface area contributed by atoms with Crippen molar-refractivity contribution >= 4 is 49.0 Å². The van der Waals surface area contributed by atoms with E-state index in [1.54, 1.807) is 0 Å². The summed E-state index contributed by atoms with van der Waals surface area (Å²) in [6.45, 7) is 1.11. The molecule has 0 fully saturated rings. The predicted octanol–water partition coefficient (Wildman–Crippen LogP) is 3.60. The number of hydrogen-bond donors (Lipinski definition) is 2. The molecule has 156 valence electrons. The van der Waals surface area contributed by atoms with Crippen LogP contribution in [0.4, 0.5) is 5.69 Å². The Bertz CT molecular complexity index is 1410. The Hall–Kier alpha value is -3.56. The zero-order chi connectivity index (χ0) is 22.2. The number of rotatable bonds is 5. The molecule has 0 bridgehead atoms. The molecule has 9 heteroatoms. The van der Waals surface area contributed by atoms with Gasteiger partial charge in [-0.2, -0.15) is 0 Å². The summed E-state index contributed by atoms with van der Waals surface area (Å²) in [6, 6.07) is 18.7. The third-order valence-electron chi connectivity index (χ3n) is 4.57. The van der Waals surface area contributed by atoms with E-state index in [4.69, 9.17) is 5.73 Å². The Balaban J connectivity index is 1.68. The van der Waals surface area contributed by atoms with Crippen molar-refractivity contribution in [3.05, 3.63) is 77.2 Å². The van der Waals surface area contributed by atoms with Crippen LogP contribution in [0.5, 0.6) is 0 Å². The van der Waals surface area contributed by atoms with Crippen LogP contribution >= 0.6 is 11.3 Å². The van der Waals surface area contributed by atoms with E-state index < -0.39 is 15.9 Å². The summed E-state index contributed by atoms with van der Waals surface area (Å²) in [4.78, 5) is 29.6. The van der Waals surface area contributed by atoms with Crippen LogP contribution in [0.15, 0.2) is 71.6 Å². The molecule has 0 aliphatic carbocycles. The smallest absolute Gasteiger partial charge is 0.264 e. The molecule has 31 heavy (non-hydrogen) atoms. The molecule has 0 unspecified atom stereocenters. The first-order valence-electron chi connectivity index (χ1n) is 9.19. The number of thiophene rings is 1. The van der Waals surface area contributed by atoms with Crippen LogP contribution in [0.3, 0.4) is 0 Å². The Kier molecular flexibility index (Phi) is 5.30. The number of amides is 1. The molecule has 4 aromatic rings. The third-order valence-corrected chi connectivity index (χ3v) is 7.14. The van der Waals surface area contributed by atoms with Crippen LogP contribution < -0.4 is 10.5 Å². The summed E-state index contributed by atoms with van der Waals surface area (Å²) in [5.41, 5.74) is 8.58. The molecule has 2 heterocycles. The fraction of sp³-hybridized carbons (Fsp3) is 0.0455. The summed E-state index contributed by atoms with van der Waals surface area (Å²) in [5, 5.41) is 0.692. The first-order chi connectivity index (χ1) is 14.8. The maximum absolute atomic E-state index is 13.0. The van der Waals surface area contributed by atoms with E-state index in [1.165, 1.54) is 35.6 Å². The molecule has 0 spiro atoms. The van der Waals surface area contributed by atoms with Crippen LogP contribution in [0.25, 0.3) is 21.5 Å². The maximum Gasteiger partial charge on any atom is 0.264 e. The number of nitrogens with zero attached hydrogens (tertiary/aromatic N) is 1. The Morgan fingerprint density at radius 2 is 1.65 bits per heavy atom. The van der Waals surface area contributed by atoms with E-state index in [0.717, 1.165) is 18.2 Å². The number of sulfonamides is 1. The lowest BCUT2D eigenvalue weighted by Gasteiger charge is -2.05. The second kappa shape index (κ2) is 7.93. The number of carbonyl (C=O) groups is 2. The van der Waals surface area contributed by atoms with Crippen LogP contribution in [-0.4, -0.2) is 25.1 Å². The number of benzene rings is 2. The fourth-order valence-corrected chi connectivity index (χ4v) is 5.15. The van der Waals surface area contributed by atoms with E-state index in [0.29, 0.717) is 20.8 Å². The highest BCUT2D eigenvalue weighted by atomic mass is 32.2. The molecule has 2 aromatic carbocycles. The summed E-state index contributed by atoms with van der Waals surface area (Å²) in [6.07, 6.45) is 0. The van der Waals surface area contributed by atoms with Crippen LogP contribution in [0.1, 0.15) is 22.2 Å². The van der Waals surface area contributed by atoms with Crippen molar-refractivity contribution in [2.75, 3.05) is 5.73 Å². The van der Waals surface area contributed by atoms with Gasteiger partial charge < -0.3 is 5.73 Å². The van der Waals surface area contributed by atoms with E-state index in [1.807, 2.05) is 47.2 Å². The highest BCUT2D eigenvalue weighted by Gasteiger charge is 2.21. The second-order valence-electron chi connectivity index (χ2n) is 6.78. The molecule has 1 amide bonds. The summed E-state index contributed by atoms with van der Waals surface area (Å²) < 4.78 is 26.0. The van der Waals surface area contributed by atoms with Gasteiger partial charge >= 0.3 is 0 Å². The molecule has 2 aromatic heterocycles. The summed E-state index contributed by atoms with van der Waals surface area (Å²) in [5.74, 6) is -1.02. The standard InChI is InChI=1S/C22H17N3O4S2/c1-13(26)25-31(28,29)16-9-7-15(8-10-16)20(27)21-19(23)17-11-12-18(24-22(17)30-21)14-5-3-2-4-6-14/h2-12H,23H2,1H3,(H,25,26). The minimum Gasteiger partial charge on any atom is -0.397 e. The average molecular weight is 452 g/mol. The quantitative estimate of drug-likeness (QED) is 0.448. The molecule has 0 saturated carbocycles. The molecule has 7 nitrogen and oxygen atoms in total. The number of aromatic nitrogens is 1. The average Bonchev–Trinajstić information content (AvgIpc) is 3.09. The SMILES string of the molecule is CC(=O)NS(=O)(=O)c1ccc(C(=O)c2sc3nc(-c4ccccc4)ccc3c2N)cc1. The third kappa shape index (κ3) is 4.05. The van der Waals surface area contributed by atoms with Crippen molar-refractivity contribution in [2.24, 2.45) is 0 Å². The molecule has 3 N–H and O–H groups in total. The lowest BCUT2D eigenvalue weighted by atomic mass is 10.1. The van der Waals surface area contributed by atoms with Crippen molar-refractivity contribution in [1.29, 1.82) is 0 Å². The minimum atomic E-state index is -3.97. The molecular formula is C22H17N3O4S2. The molecule has 4 rings (SSSR count). The zero-order valence-electron chi connectivity index (χ0n) is 16.3. The van der Waals surface area contributed by atoms with Crippen LogP contribution in [0, 0.1) is 0 Å². The van der Waals surface area contributed by atoms with Crippen molar-refractivity contribution in [3.8, 4) is 11.3 Å². The van der Waals surface area contributed by atoms with E-state index >= 15 is 0 Å². The Labute approximate surface area is 182 Å². The fourth-order valence-electron chi connectivity index (χ4n) is 3.10. The van der Waals surface area contributed by atoms with Gasteiger partial charge in [0.2, 0.25) is 11.7 Å². The maximum atomic E-state index is 13.0. The van der Waals surface area contributed by atoms with Gasteiger partial charge in [-0.05, 0) is 36.4 Å². The van der Waals surface area contributed by atoms with E-state index in [2.05, 4.69) is 4.98 Å². The monoisotopic (exact) mass is 451 g/mol. The first kappa shape index (κ1) is 20.7. The minimum absolute atomic E-state index is 0.113. The van der Waals surface area contributed by atoms with Gasteiger partial charge in [-0.15, -0.1) is 11.3 Å². The zero-order valence-corrected chi connectivity index (χ0v) is 18.0. The summed E-state index contributed by atoms with van der Waals surface area (Å²) >= 11 is 1.19. The first-order valence-corrected chi connectivity index (χ1v) is 11.5. The van der Waals surface area contributed by atoms with E-state index in [-0.39, 0.29) is 16.2 Å². The second-order valence-corrected chi connectivity index (χ2v) is 9.46. The highest BCUT2D eigenvalue weighted by Crippen LogP contribution is 2.35. The molecule has 0 saturated heterocycles. The number of ketones is 1. The lowest BCUT2D eigenvalue weighted by Crippen LogP contribution is -2.28. The number of nitrogens with two attached hydrogens (primary N) is 1. The number of fused-ring (bicyclic) bond motifs is 1. The molecule has 0 aliphatic rings. The Morgan fingerprint density at radius 3 is 2.29 bits per heavy atom. The van der Waals surface area contributed by atoms with Crippen molar-refractivity contribution in [1.82, 2.24) is 9.71 Å². The van der Waals surface area contributed by atoms with Crippen molar-refractivity contribution in [3.63, 3.8) is 0 Å². The molecule has 0 radical (unpaired) electrons. The van der Waals surface area contributed by atoms with Gasteiger partial charge in [-0.3, -0.25) is 9.59 Å². The van der Waals surface area contributed by atoms with E-state index in [9.17, 15) is 18.0 Å². The van der Waals surface area contributed by atoms with Gasteiger partial charge in [0.1, 0.15) is 9.71 Å². The number of anilines is 1. The van der Waals surface area contributed by atoms with Crippen molar-refractivity contribution in [2.45, 2.75) is 11.8 Å². The molecular weight excluding hydrogens is 434 g/mol. The Morgan fingerprint density at radius 1 is 0.968 bits per heavy atom. The predicted molar refractivity (Wildman–Crippen MR) is 120 cm³/mol. The van der Waals surface area contributed by atoms with Gasteiger partial charge in [0.05, 0.1) is 16.3 Å². The van der Waals surface area contributed by atoms with Gasteiger partial charge in [0.15, 0.2) is 0 Å².